The van der Waals surface area contributed by atoms with Crippen LogP contribution in [0.4, 0.5) is 5.69 Å². The third-order valence-electron chi connectivity index (χ3n) is 4.03. The molecule has 1 fully saturated rings. The van der Waals surface area contributed by atoms with E-state index in [1.807, 2.05) is 0 Å². The Bertz CT molecular complexity index is 411. The lowest BCUT2D eigenvalue weighted by Crippen LogP contribution is -2.53. The quantitative estimate of drug-likeness (QED) is 0.840. The van der Waals surface area contributed by atoms with Gasteiger partial charge in [-0.2, -0.15) is 0 Å². The number of benzene rings is 1. The summed E-state index contributed by atoms with van der Waals surface area (Å²) in [6.07, 6.45) is 1.71. The number of aliphatic hydroxyl groups excluding tert-OH is 1. The van der Waals surface area contributed by atoms with E-state index in [-0.39, 0.29) is 12.1 Å². The van der Waals surface area contributed by atoms with Crippen LogP contribution >= 0.6 is 0 Å². The van der Waals surface area contributed by atoms with Crippen LogP contribution in [0.3, 0.4) is 0 Å². The normalized spacial score (nSPS) is 19.1. The molecule has 3 nitrogen and oxygen atoms in total. The summed E-state index contributed by atoms with van der Waals surface area (Å²) in [5, 5.41) is 9.31. The average molecular weight is 248 g/mol. The average Bonchev–Trinajstić information content (AvgIpc) is 2.30. The van der Waals surface area contributed by atoms with Gasteiger partial charge in [-0.15, -0.1) is 0 Å². The SMILES string of the molecule is Cc1cc(C)c(N2CCC(N)(CO)CC2)c(C)c1. The molecule has 0 spiro atoms. The molecule has 1 aromatic carbocycles. The maximum atomic E-state index is 9.31. The molecule has 0 bridgehead atoms. The fraction of sp³-hybridized carbons (Fsp3) is 0.600. The van der Waals surface area contributed by atoms with Crippen molar-refractivity contribution in [3.63, 3.8) is 0 Å². The lowest BCUT2D eigenvalue weighted by molar-refractivity contribution is 0.170. The van der Waals surface area contributed by atoms with Gasteiger partial charge < -0.3 is 15.7 Å². The minimum absolute atomic E-state index is 0.0900. The number of aryl methyl sites for hydroxylation is 3. The molecule has 0 atom stereocenters. The number of piperidine rings is 1. The van der Waals surface area contributed by atoms with Crippen molar-refractivity contribution >= 4 is 5.69 Å². The van der Waals surface area contributed by atoms with Gasteiger partial charge in [-0.1, -0.05) is 17.7 Å². The Morgan fingerprint density at radius 3 is 2.11 bits per heavy atom. The van der Waals surface area contributed by atoms with E-state index < -0.39 is 0 Å². The summed E-state index contributed by atoms with van der Waals surface area (Å²) in [5.74, 6) is 0. The van der Waals surface area contributed by atoms with Crippen LogP contribution in [0, 0.1) is 20.8 Å². The van der Waals surface area contributed by atoms with Gasteiger partial charge >= 0.3 is 0 Å². The molecule has 1 aromatic rings. The van der Waals surface area contributed by atoms with E-state index in [9.17, 15) is 5.11 Å². The van der Waals surface area contributed by atoms with Gasteiger partial charge in [-0.3, -0.25) is 0 Å². The molecule has 100 valence electrons. The minimum atomic E-state index is -0.372. The smallest absolute Gasteiger partial charge is 0.0612 e. The third-order valence-corrected chi connectivity index (χ3v) is 4.03. The van der Waals surface area contributed by atoms with Gasteiger partial charge in [0.1, 0.15) is 0 Å². The second-order valence-corrected chi connectivity index (χ2v) is 5.75. The van der Waals surface area contributed by atoms with E-state index in [1.54, 1.807) is 0 Å². The van der Waals surface area contributed by atoms with Crippen LogP contribution < -0.4 is 10.6 Å². The predicted molar refractivity (Wildman–Crippen MR) is 76.1 cm³/mol. The molecule has 0 amide bonds. The summed E-state index contributed by atoms with van der Waals surface area (Å²) >= 11 is 0. The van der Waals surface area contributed by atoms with Gasteiger partial charge in [0.2, 0.25) is 0 Å². The molecule has 0 unspecified atom stereocenters. The van der Waals surface area contributed by atoms with Crippen LogP contribution in [0.1, 0.15) is 29.5 Å². The zero-order chi connectivity index (χ0) is 13.3. The Morgan fingerprint density at radius 2 is 1.67 bits per heavy atom. The fourth-order valence-electron chi connectivity index (χ4n) is 3.00. The minimum Gasteiger partial charge on any atom is -0.394 e. The maximum Gasteiger partial charge on any atom is 0.0612 e. The Morgan fingerprint density at radius 1 is 1.17 bits per heavy atom. The standard InChI is InChI=1S/C15H24N2O/c1-11-8-12(2)14(13(3)9-11)17-6-4-15(16,10-18)5-7-17/h8-9,18H,4-7,10,16H2,1-3H3. The molecule has 0 radical (unpaired) electrons. The molecular formula is C15H24N2O. The number of hydrogen-bond donors (Lipinski definition) is 2. The molecular weight excluding hydrogens is 224 g/mol. The van der Waals surface area contributed by atoms with Gasteiger partial charge in [0.25, 0.3) is 0 Å². The van der Waals surface area contributed by atoms with Crippen LogP contribution in [0.5, 0.6) is 0 Å². The van der Waals surface area contributed by atoms with Gasteiger partial charge in [0, 0.05) is 24.3 Å². The molecule has 3 N–H and O–H groups in total. The predicted octanol–water partition coefficient (Wildman–Crippen LogP) is 1.90. The topological polar surface area (TPSA) is 49.5 Å². The van der Waals surface area contributed by atoms with Gasteiger partial charge in [0.15, 0.2) is 0 Å². The van der Waals surface area contributed by atoms with E-state index in [1.165, 1.54) is 22.4 Å². The largest absolute Gasteiger partial charge is 0.394 e. The first-order chi connectivity index (χ1) is 8.45. The third kappa shape index (κ3) is 2.52. The van der Waals surface area contributed by atoms with Gasteiger partial charge in [-0.05, 0) is 44.7 Å². The zero-order valence-corrected chi connectivity index (χ0v) is 11.7. The van der Waals surface area contributed by atoms with Crippen molar-refractivity contribution in [1.82, 2.24) is 0 Å². The van der Waals surface area contributed by atoms with Crippen molar-refractivity contribution in [3.05, 3.63) is 28.8 Å². The Labute approximate surface area is 110 Å². The summed E-state index contributed by atoms with van der Waals surface area (Å²) in [5.41, 5.74) is 11.1. The summed E-state index contributed by atoms with van der Waals surface area (Å²) in [6.45, 7) is 8.43. The highest BCUT2D eigenvalue weighted by Gasteiger charge is 2.30. The summed E-state index contributed by atoms with van der Waals surface area (Å²) < 4.78 is 0. The zero-order valence-electron chi connectivity index (χ0n) is 11.7. The lowest BCUT2D eigenvalue weighted by atomic mass is 9.88. The molecule has 1 heterocycles. The van der Waals surface area contributed by atoms with Crippen molar-refractivity contribution < 1.29 is 5.11 Å². The monoisotopic (exact) mass is 248 g/mol. The van der Waals surface area contributed by atoms with E-state index in [2.05, 4.69) is 37.8 Å². The number of aliphatic hydroxyl groups is 1. The highest BCUT2D eigenvalue weighted by Crippen LogP contribution is 2.30. The number of anilines is 1. The van der Waals surface area contributed by atoms with Crippen LogP contribution in [-0.4, -0.2) is 30.3 Å². The molecule has 1 saturated heterocycles. The van der Waals surface area contributed by atoms with Crippen molar-refractivity contribution in [2.45, 2.75) is 39.2 Å². The number of nitrogens with two attached hydrogens (primary N) is 1. The first-order valence-electron chi connectivity index (χ1n) is 6.68. The Balaban J connectivity index is 2.20. The molecule has 0 aliphatic carbocycles. The number of hydrogen-bond acceptors (Lipinski definition) is 3. The van der Waals surface area contributed by atoms with E-state index in [0.29, 0.717) is 0 Å². The summed E-state index contributed by atoms with van der Waals surface area (Å²) in [7, 11) is 0. The van der Waals surface area contributed by atoms with E-state index in [4.69, 9.17) is 5.73 Å². The second-order valence-electron chi connectivity index (χ2n) is 5.75. The van der Waals surface area contributed by atoms with Crippen molar-refractivity contribution in [1.29, 1.82) is 0 Å². The fourth-order valence-corrected chi connectivity index (χ4v) is 3.00. The summed E-state index contributed by atoms with van der Waals surface area (Å²) in [4.78, 5) is 2.41. The first-order valence-corrected chi connectivity index (χ1v) is 6.68. The van der Waals surface area contributed by atoms with E-state index in [0.717, 1.165) is 25.9 Å². The van der Waals surface area contributed by atoms with Crippen molar-refractivity contribution in [2.24, 2.45) is 5.73 Å². The lowest BCUT2D eigenvalue weighted by Gasteiger charge is -2.40. The molecule has 1 aliphatic rings. The molecule has 0 saturated carbocycles. The van der Waals surface area contributed by atoms with Crippen LogP contribution in [0.2, 0.25) is 0 Å². The number of nitrogens with zero attached hydrogens (tertiary/aromatic N) is 1. The molecule has 18 heavy (non-hydrogen) atoms. The van der Waals surface area contributed by atoms with Gasteiger partial charge in [-0.25, -0.2) is 0 Å². The molecule has 2 rings (SSSR count). The molecule has 1 aliphatic heterocycles. The first kappa shape index (κ1) is 13.4. The Kier molecular flexibility index (Phi) is 3.64. The highest BCUT2D eigenvalue weighted by atomic mass is 16.3. The Hall–Kier alpha value is -1.06. The second kappa shape index (κ2) is 4.90. The van der Waals surface area contributed by atoms with Crippen LogP contribution in [-0.2, 0) is 0 Å². The van der Waals surface area contributed by atoms with E-state index >= 15 is 0 Å². The molecule has 0 aromatic heterocycles. The van der Waals surface area contributed by atoms with Crippen LogP contribution in [0.25, 0.3) is 0 Å². The molecule has 3 heteroatoms. The highest BCUT2D eigenvalue weighted by molar-refractivity contribution is 5.60. The maximum absolute atomic E-state index is 9.31. The number of rotatable bonds is 2. The summed E-state index contributed by atoms with van der Waals surface area (Å²) in [6, 6.07) is 4.47. The van der Waals surface area contributed by atoms with Crippen LogP contribution in [0.15, 0.2) is 12.1 Å². The van der Waals surface area contributed by atoms with Crippen molar-refractivity contribution in [3.8, 4) is 0 Å². The van der Waals surface area contributed by atoms with Crippen molar-refractivity contribution in [2.75, 3.05) is 24.6 Å². The van der Waals surface area contributed by atoms with Gasteiger partial charge in [0.05, 0.1) is 6.61 Å².